The molecule has 3 heterocycles. The van der Waals surface area contributed by atoms with E-state index in [0.29, 0.717) is 30.4 Å². The van der Waals surface area contributed by atoms with E-state index in [1.807, 2.05) is 30.5 Å². The number of anilines is 1. The molecule has 5 atom stereocenters. The van der Waals surface area contributed by atoms with Gasteiger partial charge in [0.25, 0.3) is 0 Å². The summed E-state index contributed by atoms with van der Waals surface area (Å²) in [5, 5.41) is 14.6. The molecule has 2 aliphatic carbocycles. The van der Waals surface area contributed by atoms with E-state index < -0.39 is 11.5 Å². The second kappa shape index (κ2) is 10.3. The summed E-state index contributed by atoms with van der Waals surface area (Å²) >= 11 is 6.94. The third-order valence-corrected chi connectivity index (χ3v) is 10.9. The predicted octanol–water partition coefficient (Wildman–Crippen LogP) is 7.43. The van der Waals surface area contributed by atoms with Crippen LogP contribution in [0, 0.1) is 12.8 Å². The van der Waals surface area contributed by atoms with Crippen molar-refractivity contribution in [2.24, 2.45) is 5.92 Å². The molecule has 6 nitrogen and oxygen atoms in total. The smallest absolute Gasteiger partial charge is 0.329 e. The highest BCUT2D eigenvalue weighted by atomic mass is 35.5. The van der Waals surface area contributed by atoms with Crippen LogP contribution in [0.4, 0.5) is 5.69 Å². The number of rotatable bonds is 6. The Kier molecular flexibility index (Phi) is 6.78. The van der Waals surface area contributed by atoms with Gasteiger partial charge in [-0.05, 0) is 86.3 Å². The molecule has 1 fully saturated rings. The summed E-state index contributed by atoms with van der Waals surface area (Å²) < 4.78 is 6.55. The van der Waals surface area contributed by atoms with Crippen LogP contribution >= 0.6 is 11.6 Å². The second-order valence-electron chi connectivity index (χ2n) is 13.3. The summed E-state index contributed by atoms with van der Waals surface area (Å²) in [4.78, 5) is 20.0. The first-order valence-corrected chi connectivity index (χ1v) is 15.9. The monoisotopic (exact) mass is 585 g/mol. The van der Waals surface area contributed by atoms with Crippen LogP contribution in [0.2, 0.25) is 5.02 Å². The van der Waals surface area contributed by atoms with Crippen molar-refractivity contribution in [2.45, 2.75) is 88.8 Å². The Morgan fingerprint density at radius 2 is 2.10 bits per heavy atom. The maximum Gasteiger partial charge on any atom is 0.329 e. The fourth-order valence-corrected chi connectivity index (χ4v) is 8.91. The van der Waals surface area contributed by atoms with Gasteiger partial charge < -0.3 is 15.2 Å². The van der Waals surface area contributed by atoms with Gasteiger partial charge in [0, 0.05) is 53.1 Å². The minimum atomic E-state index is -0.988. The highest BCUT2D eigenvalue weighted by molar-refractivity contribution is 6.32. The van der Waals surface area contributed by atoms with Crippen molar-refractivity contribution in [1.29, 1.82) is 0 Å². The van der Waals surface area contributed by atoms with E-state index in [0.717, 1.165) is 42.9 Å². The van der Waals surface area contributed by atoms with Crippen LogP contribution in [0.25, 0.3) is 0 Å². The zero-order valence-electron chi connectivity index (χ0n) is 24.8. The van der Waals surface area contributed by atoms with Crippen molar-refractivity contribution in [1.82, 2.24) is 9.88 Å². The van der Waals surface area contributed by atoms with Gasteiger partial charge in [0.1, 0.15) is 11.3 Å². The molecule has 220 valence electrons. The second-order valence-corrected chi connectivity index (χ2v) is 13.7. The van der Waals surface area contributed by atoms with Crippen LogP contribution in [-0.2, 0) is 23.3 Å². The molecule has 0 radical (unpaired) electrons. The summed E-state index contributed by atoms with van der Waals surface area (Å²) in [5.74, 6) is 0.889. The number of aliphatic carboxylic acids is 1. The van der Waals surface area contributed by atoms with Crippen LogP contribution in [-0.4, -0.2) is 39.7 Å². The minimum Gasteiger partial charge on any atom is -0.493 e. The van der Waals surface area contributed by atoms with Crippen molar-refractivity contribution in [2.75, 3.05) is 18.5 Å². The number of ether oxygens (including phenoxy) is 1. The number of halogens is 1. The Hall–Kier alpha value is -3.09. The summed E-state index contributed by atoms with van der Waals surface area (Å²) in [6.45, 7) is 9.01. The largest absolute Gasteiger partial charge is 0.493 e. The van der Waals surface area contributed by atoms with Crippen molar-refractivity contribution in [3.63, 3.8) is 0 Å². The summed E-state index contributed by atoms with van der Waals surface area (Å²) in [6, 6.07) is 14.7. The molecular weight excluding hydrogens is 546 g/mol. The van der Waals surface area contributed by atoms with E-state index in [-0.39, 0.29) is 17.4 Å². The van der Waals surface area contributed by atoms with Crippen molar-refractivity contribution < 1.29 is 14.6 Å². The first-order chi connectivity index (χ1) is 20.2. The van der Waals surface area contributed by atoms with Crippen LogP contribution in [0.3, 0.4) is 0 Å². The normalized spacial score (nSPS) is 28.4. The van der Waals surface area contributed by atoms with E-state index in [2.05, 4.69) is 54.2 Å². The zero-order chi connectivity index (χ0) is 29.2. The van der Waals surface area contributed by atoms with Gasteiger partial charge in [0.05, 0.1) is 12.1 Å². The fourth-order valence-electron chi connectivity index (χ4n) is 8.61. The molecule has 2 aromatic carbocycles. The third-order valence-electron chi connectivity index (χ3n) is 10.5. The molecule has 1 saturated carbocycles. The Morgan fingerprint density at radius 1 is 1.24 bits per heavy atom. The van der Waals surface area contributed by atoms with Crippen LogP contribution in [0.5, 0.6) is 5.75 Å². The van der Waals surface area contributed by atoms with E-state index in [1.54, 1.807) is 0 Å². The molecule has 3 aromatic rings. The predicted molar refractivity (Wildman–Crippen MR) is 166 cm³/mol. The van der Waals surface area contributed by atoms with Gasteiger partial charge >= 0.3 is 5.97 Å². The van der Waals surface area contributed by atoms with E-state index in [4.69, 9.17) is 16.3 Å². The van der Waals surface area contributed by atoms with E-state index in [9.17, 15) is 9.90 Å². The topological polar surface area (TPSA) is 74.7 Å². The van der Waals surface area contributed by atoms with Gasteiger partial charge in [-0.15, -0.1) is 0 Å². The number of benzene rings is 2. The molecule has 7 heteroatoms. The molecule has 0 saturated heterocycles. The minimum absolute atomic E-state index is 0.0440. The Balaban J connectivity index is 1.23. The Bertz CT molecular complexity index is 1560. The average Bonchev–Trinajstić information content (AvgIpc) is 3.26. The molecule has 2 aliphatic heterocycles. The number of aryl methyl sites for hydroxylation is 2. The molecule has 7 rings (SSSR count). The number of fused-ring (bicyclic) bond motifs is 8. The highest BCUT2D eigenvalue weighted by Crippen LogP contribution is 2.62. The van der Waals surface area contributed by atoms with E-state index >= 15 is 0 Å². The number of pyridine rings is 1. The maximum atomic E-state index is 12.7. The van der Waals surface area contributed by atoms with E-state index in [1.165, 1.54) is 40.8 Å². The zero-order valence-corrected chi connectivity index (χ0v) is 25.5. The number of hydrogen-bond donors (Lipinski definition) is 2. The van der Waals surface area contributed by atoms with Gasteiger partial charge in [-0.3, -0.25) is 9.88 Å². The summed E-state index contributed by atoms with van der Waals surface area (Å²) in [5.41, 5.74) is 6.98. The van der Waals surface area contributed by atoms with Gasteiger partial charge in [-0.2, -0.15) is 0 Å². The number of carboxylic acids is 1. The molecular formula is C35H40ClN3O3. The van der Waals surface area contributed by atoms with Gasteiger partial charge in [-0.1, -0.05) is 55.3 Å². The van der Waals surface area contributed by atoms with Crippen molar-refractivity contribution in [3.8, 4) is 5.75 Å². The Labute approximate surface area is 253 Å². The standard InChI is InChI=1S/C35H40ClN3O3/c1-21-10-11-25-24(16-21)19-39(18-22(2)20-42-30-12-15-37-28-8-4-6-23(3)31(28)30)35(25)14-13-34(33(40)41)17-26(35)32-27(36)7-5-9-29(32)38-34/h5,7,9-12,15-16,22-23,26,38H,4,6,8,13-14,17-20H2,1-3H3,(H,40,41)/t22-,23-,26?,34-,35-/m1/s1. The first kappa shape index (κ1) is 27.7. The summed E-state index contributed by atoms with van der Waals surface area (Å²) in [7, 11) is 0. The number of aromatic nitrogens is 1. The average molecular weight is 586 g/mol. The molecule has 1 unspecified atom stereocenters. The molecule has 42 heavy (non-hydrogen) atoms. The van der Waals surface area contributed by atoms with Crippen molar-refractivity contribution in [3.05, 3.63) is 87.2 Å². The lowest BCUT2D eigenvalue weighted by Gasteiger charge is -2.56. The number of nitrogens with zero attached hydrogens (tertiary/aromatic N) is 2. The first-order valence-electron chi connectivity index (χ1n) is 15.5. The lowest BCUT2D eigenvalue weighted by molar-refractivity contribution is -0.146. The van der Waals surface area contributed by atoms with Gasteiger partial charge in [-0.25, -0.2) is 4.79 Å². The van der Waals surface area contributed by atoms with Crippen LogP contribution in [0.1, 0.15) is 91.3 Å². The quantitative estimate of drug-likeness (QED) is 0.313. The molecule has 1 spiro atoms. The summed E-state index contributed by atoms with van der Waals surface area (Å²) in [6.07, 6.45) is 7.09. The van der Waals surface area contributed by atoms with Crippen molar-refractivity contribution >= 4 is 23.3 Å². The van der Waals surface area contributed by atoms with Crippen LogP contribution in [0.15, 0.2) is 48.7 Å². The fraction of sp³-hybridized carbons (Fsp3) is 0.486. The molecule has 2 bridgehead atoms. The van der Waals surface area contributed by atoms with Gasteiger partial charge in [0.15, 0.2) is 0 Å². The van der Waals surface area contributed by atoms with Gasteiger partial charge in [0.2, 0.25) is 0 Å². The van der Waals surface area contributed by atoms with Crippen LogP contribution < -0.4 is 10.1 Å². The maximum absolute atomic E-state index is 12.7. The number of carboxylic acid groups (broad SMARTS) is 1. The molecule has 0 amide bonds. The third kappa shape index (κ3) is 4.24. The number of carbonyl (C=O) groups is 1. The lowest BCUT2D eigenvalue weighted by atomic mass is 9.58. The molecule has 1 aromatic heterocycles. The highest BCUT2D eigenvalue weighted by Gasteiger charge is 2.61. The molecule has 4 aliphatic rings. The SMILES string of the molecule is Cc1ccc2c(c1)CN(C[C@@H](C)COc1ccnc3c1[C@H](C)CCC3)[C@]21CC[C@]2(C(=O)O)CC1c1c(Cl)cccc1N2. The number of hydrogen-bond acceptors (Lipinski definition) is 5. The lowest BCUT2D eigenvalue weighted by Crippen LogP contribution is -2.61. The molecule has 2 N–H and O–H groups in total. The Morgan fingerprint density at radius 3 is 2.93 bits per heavy atom. The number of nitrogens with one attached hydrogen (secondary N) is 1.